The molecule has 1 N–H and O–H groups in total. The standard InChI is InChI=1S/C21H21N3O5S/c1-13-18(23-17-6-4-3-5-16(17)22-13)12-29-21(25)14-7-10-19(28-2)20(11-14)30(26,27)24-15-8-9-15/h3-7,10-11,15,24H,8-9,12H2,1-2H3. The molecule has 0 amide bonds. The Kier molecular flexibility index (Phi) is 5.40. The fraction of sp³-hybridized carbons (Fsp3) is 0.286. The maximum absolute atomic E-state index is 12.6. The summed E-state index contributed by atoms with van der Waals surface area (Å²) in [5.74, 6) is -0.495. The summed E-state index contributed by atoms with van der Waals surface area (Å²) in [7, 11) is -2.42. The zero-order valence-corrected chi connectivity index (χ0v) is 17.4. The van der Waals surface area contributed by atoms with E-state index >= 15 is 0 Å². The van der Waals surface area contributed by atoms with E-state index in [1.165, 1.54) is 25.3 Å². The zero-order chi connectivity index (χ0) is 21.3. The Morgan fingerprint density at radius 1 is 1.13 bits per heavy atom. The first-order valence-electron chi connectivity index (χ1n) is 9.47. The van der Waals surface area contributed by atoms with Crippen LogP contribution in [0.3, 0.4) is 0 Å². The Balaban J connectivity index is 1.55. The summed E-state index contributed by atoms with van der Waals surface area (Å²) in [4.78, 5) is 21.5. The number of carbonyl (C=O) groups is 1. The average molecular weight is 427 g/mol. The molecule has 1 fully saturated rings. The number of esters is 1. The lowest BCUT2D eigenvalue weighted by Crippen LogP contribution is -2.26. The summed E-state index contributed by atoms with van der Waals surface area (Å²) in [6, 6.07) is 11.5. The molecule has 4 rings (SSSR count). The Morgan fingerprint density at radius 3 is 2.50 bits per heavy atom. The second-order valence-corrected chi connectivity index (χ2v) is 8.76. The average Bonchev–Trinajstić information content (AvgIpc) is 3.54. The van der Waals surface area contributed by atoms with Gasteiger partial charge in [-0.05, 0) is 50.1 Å². The molecule has 0 bridgehead atoms. The highest BCUT2D eigenvalue weighted by molar-refractivity contribution is 7.89. The molecule has 1 aliphatic carbocycles. The molecule has 1 heterocycles. The summed E-state index contributed by atoms with van der Waals surface area (Å²) in [5.41, 5.74) is 2.78. The van der Waals surface area contributed by atoms with Crippen LogP contribution in [0.5, 0.6) is 5.75 Å². The van der Waals surface area contributed by atoms with Crippen LogP contribution in [0.1, 0.15) is 34.6 Å². The number of aryl methyl sites for hydroxylation is 1. The smallest absolute Gasteiger partial charge is 0.338 e. The molecule has 0 atom stereocenters. The molecule has 0 saturated heterocycles. The Hall–Kier alpha value is -3.04. The molecule has 156 valence electrons. The molecule has 1 aliphatic rings. The molecule has 1 saturated carbocycles. The molecule has 0 unspecified atom stereocenters. The Morgan fingerprint density at radius 2 is 1.83 bits per heavy atom. The highest BCUT2D eigenvalue weighted by Gasteiger charge is 2.30. The Labute approximate surface area is 174 Å². The number of sulfonamides is 1. The van der Waals surface area contributed by atoms with E-state index in [4.69, 9.17) is 9.47 Å². The monoisotopic (exact) mass is 427 g/mol. The second-order valence-electron chi connectivity index (χ2n) is 7.08. The number of rotatable bonds is 7. The summed E-state index contributed by atoms with van der Waals surface area (Å²) in [5, 5.41) is 0. The van der Waals surface area contributed by atoms with E-state index in [1.807, 2.05) is 24.3 Å². The van der Waals surface area contributed by atoms with E-state index in [0.29, 0.717) is 16.9 Å². The minimum Gasteiger partial charge on any atom is -0.495 e. The first-order valence-corrected chi connectivity index (χ1v) is 11.0. The van der Waals surface area contributed by atoms with Gasteiger partial charge >= 0.3 is 5.97 Å². The van der Waals surface area contributed by atoms with Crippen LogP contribution < -0.4 is 9.46 Å². The highest BCUT2D eigenvalue weighted by atomic mass is 32.2. The van der Waals surface area contributed by atoms with Crippen molar-refractivity contribution < 1.29 is 22.7 Å². The van der Waals surface area contributed by atoms with Gasteiger partial charge in [-0.15, -0.1) is 0 Å². The first kappa shape index (κ1) is 20.2. The fourth-order valence-electron chi connectivity index (χ4n) is 2.98. The van der Waals surface area contributed by atoms with Crippen LogP contribution in [0.4, 0.5) is 0 Å². The molecule has 9 heteroatoms. The maximum atomic E-state index is 12.6. The van der Waals surface area contributed by atoms with Crippen molar-refractivity contribution >= 4 is 27.0 Å². The molecule has 1 aromatic heterocycles. The number of nitrogens with one attached hydrogen (secondary N) is 1. The van der Waals surface area contributed by atoms with Gasteiger partial charge in [0.25, 0.3) is 0 Å². The highest BCUT2D eigenvalue weighted by Crippen LogP contribution is 2.28. The lowest BCUT2D eigenvalue weighted by Gasteiger charge is -2.12. The number of benzene rings is 2. The van der Waals surface area contributed by atoms with Crippen molar-refractivity contribution in [3.8, 4) is 5.75 Å². The zero-order valence-electron chi connectivity index (χ0n) is 16.6. The summed E-state index contributed by atoms with van der Waals surface area (Å²) in [6.45, 7) is 1.72. The van der Waals surface area contributed by atoms with Crippen molar-refractivity contribution in [3.05, 3.63) is 59.4 Å². The van der Waals surface area contributed by atoms with Crippen LogP contribution in [0.15, 0.2) is 47.4 Å². The second kappa shape index (κ2) is 8.00. The molecule has 0 spiro atoms. The lowest BCUT2D eigenvalue weighted by atomic mass is 10.2. The minimum absolute atomic E-state index is 0.0650. The molecule has 0 aliphatic heterocycles. The summed E-state index contributed by atoms with van der Waals surface area (Å²) >= 11 is 0. The van der Waals surface area contributed by atoms with Crippen LogP contribution in [-0.2, 0) is 21.4 Å². The van der Waals surface area contributed by atoms with Crippen molar-refractivity contribution in [2.45, 2.75) is 37.3 Å². The van der Waals surface area contributed by atoms with E-state index in [-0.39, 0.29) is 28.9 Å². The van der Waals surface area contributed by atoms with E-state index in [9.17, 15) is 13.2 Å². The number of aromatic nitrogens is 2. The number of hydrogen-bond acceptors (Lipinski definition) is 7. The minimum atomic E-state index is -3.80. The van der Waals surface area contributed by atoms with E-state index < -0.39 is 16.0 Å². The van der Waals surface area contributed by atoms with Crippen LogP contribution in [0.25, 0.3) is 11.0 Å². The van der Waals surface area contributed by atoms with Crippen molar-refractivity contribution in [1.82, 2.24) is 14.7 Å². The summed E-state index contributed by atoms with van der Waals surface area (Å²) in [6.07, 6.45) is 1.60. The van der Waals surface area contributed by atoms with Gasteiger partial charge in [0.05, 0.1) is 35.1 Å². The largest absolute Gasteiger partial charge is 0.495 e. The van der Waals surface area contributed by atoms with Gasteiger partial charge in [0, 0.05) is 6.04 Å². The number of methoxy groups -OCH3 is 1. The van der Waals surface area contributed by atoms with Crippen molar-refractivity contribution in [1.29, 1.82) is 0 Å². The molecular formula is C21H21N3O5S. The quantitative estimate of drug-likeness (QED) is 0.578. The molecular weight excluding hydrogens is 406 g/mol. The number of carbonyl (C=O) groups excluding carboxylic acids is 1. The van der Waals surface area contributed by atoms with Gasteiger partial charge in [-0.3, -0.25) is 0 Å². The number of fused-ring (bicyclic) bond motifs is 1. The molecule has 8 nitrogen and oxygen atoms in total. The molecule has 0 radical (unpaired) electrons. The van der Waals surface area contributed by atoms with Gasteiger partial charge in [-0.25, -0.2) is 27.9 Å². The third kappa shape index (κ3) is 4.27. The topological polar surface area (TPSA) is 107 Å². The van der Waals surface area contributed by atoms with Gasteiger partial charge in [-0.2, -0.15) is 0 Å². The van der Waals surface area contributed by atoms with E-state index in [2.05, 4.69) is 14.7 Å². The van der Waals surface area contributed by atoms with Crippen LogP contribution in [-0.4, -0.2) is 37.5 Å². The van der Waals surface area contributed by atoms with E-state index in [0.717, 1.165) is 18.4 Å². The SMILES string of the molecule is COc1ccc(C(=O)OCc2nc3ccccc3nc2C)cc1S(=O)(=O)NC1CC1. The van der Waals surface area contributed by atoms with Crippen molar-refractivity contribution in [2.75, 3.05) is 7.11 Å². The van der Waals surface area contributed by atoms with E-state index in [1.54, 1.807) is 6.92 Å². The van der Waals surface area contributed by atoms with Gasteiger partial charge < -0.3 is 9.47 Å². The van der Waals surface area contributed by atoms with Crippen molar-refractivity contribution in [3.63, 3.8) is 0 Å². The number of hydrogen-bond donors (Lipinski definition) is 1. The number of nitrogens with zero attached hydrogens (tertiary/aromatic N) is 2. The van der Waals surface area contributed by atoms with Crippen LogP contribution >= 0.6 is 0 Å². The number of ether oxygens (including phenoxy) is 2. The predicted octanol–water partition coefficient (Wildman–Crippen LogP) is 2.74. The first-order chi connectivity index (χ1) is 14.4. The number of para-hydroxylation sites is 2. The maximum Gasteiger partial charge on any atom is 0.338 e. The van der Waals surface area contributed by atoms with Crippen LogP contribution in [0.2, 0.25) is 0 Å². The molecule has 3 aromatic rings. The molecule has 30 heavy (non-hydrogen) atoms. The van der Waals surface area contributed by atoms with Crippen LogP contribution in [0, 0.1) is 6.92 Å². The lowest BCUT2D eigenvalue weighted by molar-refractivity contribution is 0.0466. The van der Waals surface area contributed by atoms with Crippen molar-refractivity contribution in [2.24, 2.45) is 0 Å². The normalized spacial score (nSPS) is 13.9. The van der Waals surface area contributed by atoms with Gasteiger partial charge in [0.2, 0.25) is 10.0 Å². The van der Waals surface area contributed by atoms with Gasteiger partial charge in [-0.1, -0.05) is 12.1 Å². The van der Waals surface area contributed by atoms with Gasteiger partial charge in [0.1, 0.15) is 17.3 Å². The Bertz CT molecular complexity index is 1220. The third-order valence-corrected chi connectivity index (χ3v) is 6.31. The van der Waals surface area contributed by atoms with Gasteiger partial charge in [0.15, 0.2) is 0 Å². The third-order valence-electron chi connectivity index (χ3n) is 4.77. The fourth-order valence-corrected chi connectivity index (χ4v) is 4.48. The molecule has 2 aromatic carbocycles. The summed E-state index contributed by atoms with van der Waals surface area (Å²) < 4.78 is 38.4. The predicted molar refractivity (Wildman–Crippen MR) is 110 cm³/mol.